The fourth-order valence-corrected chi connectivity index (χ4v) is 2.52. The molecule has 2 aromatic heterocycles. The van der Waals surface area contributed by atoms with Crippen molar-refractivity contribution in [2.75, 3.05) is 0 Å². The Morgan fingerprint density at radius 1 is 1.11 bits per heavy atom. The molecule has 0 fully saturated rings. The van der Waals surface area contributed by atoms with Gasteiger partial charge in [-0.3, -0.25) is 4.68 Å². The van der Waals surface area contributed by atoms with Crippen molar-refractivity contribution in [3.05, 3.63) is 52.2 Å². The SMILES string of the molecule is Clc1nnc(Cn2cc(-c3ccccc3)cn2)s1. The molecule has 1 aromatic carbocycles. The Morgan fingerprint density at radius 3 is 2.67 bits per heavy atom. The number of halogens is 1. The van der Waals surface area contributed by atoms with E-state index >= 15 is 0 Å². The van der Waals surface area contributed by atoms with Gasteiger partial charge in [0.2, 0.25) is 4.47 Å². The fourth-order valence-electron chi connectivity index (χ4n) is 1.67. The fraction of sp³-hybridized carbons (Fsp3) is 0.0833. The van der Waals surface area contributed by atoms with Crippen LogP contribution in [0.1, 0.15) is 5.01 Å². The summed E-state index contributed by atoms with van der Waals surface area (Å²) in [4.78, 5) is 0. The van der Waals surface area contributed by atoms with Gasteiger partial charge < -0.3 is 0 Å². The van der Waals surface area contributed by atoms with Crippen LogP contribution in [-0.2, 0) is 6.54 Å². The quantitative estimate of drug-likeness (QED) is 0.738. The first-order valence-corrected chi connectivity index (χ1v) is 6.56. The molecule has 0 spiro atoms. The third-order valence-corrected chi connectivity index (χ3v) is 3.48. The molecule has 3 rings (SSSR count). The number of rotatable bonds is 3. The van der Waals surface area contributed by atoms with Gasteiger partial charge in [-0.05, 0) is 17.2 Å². The molecule has 0 saturated carbocycles. The van der Waals surface area contributed by atoms with Crippen LogP contribution in [0.25, 0.3) is 11.1 Å². The molecule has 2 heterocycles. The van der Waals surface area contributed by atoms with Gasteiger partial charge in [0, 0.05) is 11.8 Å². The van der Waals surface area contributed by atoms with Crippen LogP contribution in [0.3, 0.4) is 0 Å². The molecule has 18 heavy (non-hydrogen) atoms. The Morgan fingerprint density at radius 2 is 1.94 bits per heavy atom. The molecule has 0 unspecified atom stereocenters. The van der Waals surface area contributed by atoms with Gasteiger partial charge >= 0.3 is 0 Å². The summed E-state index contributed by atoms with van der Waals surface area (Å²) in [6, 6.07) is 10.1. The Hall–Kier alpha value is -1.72. The van der Waals surface area contributed by atoms with Gasteiger partial charge in [-0.1, -0.05) is 41.7 Å². The lowest BCUT2D eigenvalue weighted by molar-refractivity contribution is 0.677. The predicted octanol–water partition coefficient (Wildman–Crippen LogP) is 3.10. The third kappa shape index (κ3) is 2.42. The summed E-state index contributed by atoms with van der Waals surface area (Å²) in [5.41, 5.74) is 2.24. The molecule has 0 bridgehead atoms. The van der Waals surface area contributed by atoms with E-state index in [0.29, 0.717) is 11.0 Å². The molecule has 0 saturated heterocycles. The summed E-state index contributed by atoms with van der Waals surface area (Å²) in [5, 5.41) is 12.9. The number of hydrogen-bond acceptors (Lipinski definition) is 4. The number of aromatic nitrogens is 4. The van der Waals surface area contributed by atoms with Crippen molar-refractivity contribution in [1.82, 2.24) is 20.0 Å². The van der Waals surface area contributed by atoms with E-state index in [9.17, 15) is 0 Å². The van der Waals surface area contributed by atoms with Crippen molar-refractivity contribution in [3.8, 4) is 11.1 Å². The largest absolute Gasteiger partial charge is 0.265 e. The average molecular weight is 277 g/mol. The topological polar surface area (TPSA) is 43.6 Å². The van der Waals surface area contributed by atoms with Crippen molar-refractivity contribution in [2.24, 2.45) is 0 Å². The maximum Gasteiger partial charge on any atom is 0.207 e. The second kappa shape index (κ2) is 4.88. The van der Waals surface area contributed by atoms with Crippen LogP contribution >= 0.6 is 22.9 Å². The Bertz CT molecular complexity index is 647. The van der Waals surface area contributed by atoms with Crippen molar-refractivity contribution >= 4 is 22.9 Å². The normalized spacial score (nSPS) is 10.7. The molecule has 90 valence electrons. The summed E-state index contributed by atoms with van der Waals surface area (Å²) < 4.78 is 2.29. The lowest BCUT2D eigenvalue weighted by Gasteiger charge is -1.96. The smallest absolute Gasteiger partial charge is 0.207 e. The molecule has 0 amide bonds. The van der Waals surface area contributed by atoms with Crippen molar-refractivity contribution < 1.29 is 0 Å². The molecular formula is C12H9ClN4S. The van der Waals surface area contributed by atoms with E-state index in [1.54, 1.807) is 0 Å². The zero-order chi connectivity index (χ0) is 12.4. The maximum absolute atomic E-state index is 5.74. The highest BCUT2D eigenvalue weighted by Gasteiger charge is 2.05. The van der Waals surface area contributed by atoms with Crippen LogP contribution in [0.4, 0.5) is 0 Å². The first kappa shape index (κ1) is 11.4. The predicted molar refractivity (Wildman–Crippen MR) is 71.7 cm³/mol. The molecule has 0 radical (unpaired) electrons. The summed E-state index contributed by atoms with van der Waals surface area (Å²) >= 11 is 7.11. The van der Waals surface area contributed by atoms with Crippen LogP contribution in [0.15, 0.2) is 42.7 Å². The first-order valence-electron chi connectivity index (χ1n) is 5.37. The van der Waals surface area contributed by atoms with Gasteiger partial charge in [-0.25, -0.2) is 0 Å². The number of nitrogens with zero attached hydrogens (tertiary/aromatic N) is 4. The zero-order valence-corrected chi connectivity index (χ0v) is 10.9. The van der Waals surface area contributed by atoms with E-state index in [4.69, 9.17) is 11.6 Å². The molecule has 3 aromatic rings. The van der Waals surface area contributed by atoms with E-state index in [1.807, 2.05) is 35.3 Å². The third-order valence-electron chi connectivity index (χ3n) is 2.48. The highest BCUT2D eigenvalue weighted by atomic mass is 35.5. The Balaban J connectivity index is 1.82. The van der Waals surface area contributed by atoms with Crippen LogP contribution in [0.2, 0.25) is 4.47 Å². The van der Waals surface area contributed by atoms with Crippen molar-refractivity contribution in [1.29, 1.82) is 0 Å². The van der Waals surface area contributed by atoms with Gasteiger partial charge in [0.15, 0.2) is 0 Å². The Kier molecular flexibility index (Phi) is 3.08. The van der Waals surface area contributed by atoms with E-state index in [-0.39, 0.29) is 0 Å². The summed E-state index contributed by atoms with van der Waals surface area (Å²) in [6.45, 7) is 0.594. The molecular weight excluding hydrogens is 268 g/mol. The molecule has 0 aliphatic rings. The molecule has 4 nitrogen and oxygen atoms in total. The number of benzene rings is 1. The van der Waals surface area contributed by atoms with E-state index < -0.39 is 0 Å². The van der Waals surface area contributed by atoms with Gasteiger partial charge in [-0.2, -0.15) is 5.10 Å². The van der Waals surface area contributed by atoms with Crippen LogP contribution in [0.5, 0.6) is 0 Å². The standard InChI is InChI=1S/C12H9ClN4S/c13-12-16-15-11(18-12)8-17-7-10(6-14-17)9-4-2-1-3-5-9/h1-7H,8H2. The Labute approximate surface area is 113 Å². The van der Waals surface area contributed by atoms with Gasteiger partial charge in [0.05, 0.1) is 12.7 Å². The monoisotopic (exact) mass is 276 g/mol. The van der Waals surface area contributed by atoms with Crippen LogP contribution < -0.4 is 0 Å². The van der Waals surface area contributed by atoms with E-state index in [0.717, 1.165) is 16.1 Å². The van der Waals surface area contributed by atoms with E-state index in [1.165, 1.54) is 11.3 Å². The highest BCUT2D eigenvalue weighted by molar-refractivity contribution is 7.15. The van der Waals surface area contributed by atoms with Crippen molar-refractivity contribution in [2.45, 2.75) is 6.54 Å². The molecule has 0 aliphatic heterocycles. The van der Waals surface area contributed by atoms with E-state index in [2.05, 4.69) is 27.4 Å². The summed E-state index contributed by atoms with van der Waals surface area (Å²) in [7, 11) is 0. The van der Waals surface area contributed by atoms with Crippen molar-refractivity contribution in [3.63, 3.8) is 0 Å². The molecule has 0 N–H and O–H groups in total. The van der Waals surface area contributed by atoms with Gasteiger partial charge in [0.1, 0.15) is 5.01 Å². The number of hydrogen-bond donors (Lipinski definition) is 0. The van der Waals surface area contributed by atoms with Gasteiger partial charge in [0.25, 0.3) is 0 Å². The summed E-state index contributed by atoms with van der Waals surface area (Å²) in [5.74, 6) is 0. The molecule has 6 heteroatoms. The minimum atomic E-state index is 0.459. The molecule has 0 aliphatic carbocycles. The first-order chi connectivity index (χ1) is 8.81. The van der Waals surface area contributed by atoms with Gasteiger partial charge in [-0.15, -0.1) is 10.2 Å². The zero-order valence-electron chi connectivity index (χ0n) is 9.32. The minimum absolute atomic E-state index is 0.459. The second-order valence-electron chi connectivity index (χ2n) is 3.74. The van der Waals surface area contributed by atoms with Crippen LogP contribution in [-0.4, -0.2) is 20.0 Å². The summed E-state index contributed by atoms with van der Waals surface area (Å²) in [6.07, 6.45) is 3.84. The minimum Gasteiger partial charge on any atom is -0.265 e. The van der Waals surface area contributed by atoms with Crippen LogP contribution in [0, 0.1) is 0 Å². The maximum atomic E-state index is 5.74. The highest BCUT2D eigenvalue weighted by Crippen LogP contribution is 2.19. The lowest BCUT2D eigenvalue weighted by Crippen LogP contribution is -1.99. The average Bonchev–Trinajstić information content (AvgIpc) is 3.01. The lowest BCUT2D eigenvalue weighted by atomic mass is 10.1. The molecule has 0 atom stereocenters. The second-order valence-corrected chi connectivity index (χ2v) is 5.39.